The number of likely N-dealkylation sites (N-methyl/N-ethyl adjacent to an activating group) is 2. The third kappa shape index (κ3) is 2.86. The fourth-order valence-corrected chi connectivity index (χ4v) is 2.41. The maximum Gasteiger partial charge on any atom is 0.253 e. The summed E-state index contributed by atoms with van der Waals surface area (Å²) in [5.41, 5.74) is 0.781. The number of rotatable bonds is 2. The van der Waals surface area contributed by atoms with Crippen molar-refractivity contribution in [3.63, 3.8) is 0 Å². The maximum atomic E-state index is 12.3. The Kier molecular flexibility index (Phi) is 3.79. The van der Waals surface area contributed by atoms with Crippen molar-refractivity contribution in [2.24, 2.45) is 0 Å². The smallest absolute Gasteiger partial charge is 0.253 e. The van der Waals surface area contributed by atoms with Crippen molar-refractivity contribution >= 4 is 5.91 Å². The van der Waals surface area contributed by atoms with Crippen molar-refractivity contribution in [2.75, 3.05) is 27.2 Å². The highest BCUT2D eigenvalue weighted by Gasteiger charge is 2.24. The molecule has 1 fully saturated rings. The molecule has 1 aliphatic rings. The van der Waals surface area contributed by atoms with E-state index in [2.05, 4.69) is 11.9 Å². The quantitative estimate of drug-likeness (QED) is 0.777. The Labute approximate surface area is 103 Å². The second-order valence-electron chi connectivity index (χ2n) is 4.84. The fraction of sp³-hybridized carbons (Fsp3) is 0.500. The first-order chi connectivity index (χ1) is 8.18. The van der Waals surface area contributed by atoms with Gasteiger partial charge in [-0.2, -0.15) is 0 Å². The van der Waals surface area contributed by atoms with Crippen LogP contribution >= 0.6 is 0 Å². The number of likely N-dealkylation sites (tertiary alicyclic amines) is 1. The van der Waals surface area contributed by atoms with Gasteiger partial charge in [-0.3, -0.25) is 4.79 Å². The van der Waals surface area contributed by atoms with Gasteiger partial charge in [0.15, 0.2) is 0 Å². The van der Waals surface area contributed by atoms with Crippen molar-refractivity contribution in [1.82, 2.24) is 9.80 Å². The SMILES string of the molecule is CN1CCC[C@@H](N(C)C(=O)c2ccccc2)C1. The summed E-state index contributed by atoms with van der Waals surface area (Å²) in [4.78, 5) is 16.4. The minimum atomic E-state index is 0.130. The van der Waals surface area contributed by atoms with E-state index in [9.17, 15) is 4.79 Å². The minimum absolute atomic E-state index is 0.130. The van der Waals surface area contributed by atoms with Gasteiger partial charge in [0.05, 0.1) is 0 Å². The number of nitrogens with zero attached hydrogens (tertiary/aromatic N) is 2. The van der Waals surface area contributed by atoms with E-state index in [1.165, 1.54) is 6.42 Å². The number of amides is 1. The normalized spacial score (nSPS) is 21.2. The first-order valence-electron chi connectivity index (χ1n) is 6.19. The van der Waals surface area contributed by atoms with Crippen LogP contribution in [0.3, 0.4) is 0 Å². The number of benzene rings is 1. The summed E-state index contributed by atoms with van der Waals surface area (Å²) < 4.78 is 0. The molecule has 1 aromatic carbocycles. The van der Waals surface area contributed by atoms with Crippen molar-refractivity contribution in [2.45, 2.75) is 18.9 Å². The molecular formula is C14H20N2O. The summed E-state index contributed by atoms with van der Waals surface area (Å²) in [6.07, 6.45) is 2.28. The Balaban J connectivity index is 2.04. The van der Waals surface area contributed by atoms with Gasteiger partial charge < -0.3 is 9.80 Å². The van der Waals surface area contributed by atoms with Crippen molar-refractivity contribution in [3.05, 3.63) is 35.9 Å². The summed E-state index contributed by atoms with van der Waals surface area (Å²) in [6.45, 7) is 2.12. The molecular weight excluding hydrogens is 212 g/mol. The molecule has 0 N–H and O–H groups in total. The van der Waals surface area contributed by atoms with E-state index < -0.39 is 0 Å². The zero-order chi connectivity index (χ0) is 12.3. The fourth-order valence-electron chi connectivity index (χ4n) is 2.41. The summed E-state index contributed by atoms with van der Waals surface area (Å²) in [7, 11) is 4.03. The van der Waals surface area contributed by atoms with Gasteiger partial charge in [-0.25, -0.2) is 0 Å². The molecule has 1 atom stereocenters. The van der Waals surface area contributed by atoms with Crippen LogP contribution in [0, 0.1) is 0 Å². The van der Waals surface area contributed by atoms with Gasteiger partial charge in [-0.15, -0.1) is 0 Å². The van der Waals surface area contributed by atoms with Gasteiger partial charge in [-0.05, 0) is 38.6 Å². The average molecular weight is 232 g/mol. The van der Waals surface area contributed by atoms with Crippen LogP contribution in [0.5, 0.6) is 0 Å². The highest BCUT2D eigenvalue weighted by molar-refractivity contribution is 5.94. The topological polar surface area (TPSA) is 23.6 Å². The second kappa shape index (κ2) is 5.32. The Bertz CT molecular complexity index is 377. The predicted octanol–water partition coefficient (Wildman–Crippen LogP) is 1.85. The van der Waals surface area contributed by atoms with Gasteiger partial charge in [0.2, 0.25) is 0 Å². The van der Waals surface area contributed by atoms with Crippen LogP contribution in [0.4, 0.5) is 0 Å². The molecule has 0 radical (unpaired) electrons. The Morgan fingerprint density at radius 3 is 2.71 bits per heavy atom. The summed E-state index contributed by atoms with van der Waals surface area (Å²) in [5.74, 6) is 0.130. The van der Waals surface area contributed by atoms with E-state index in [1.54, 1.807) is 0 Å². The molecule has 0 saturated carbocycles. The first-order valence-corrected chi connectivity index (χ1v) is 6.19. The molecule has 17 heavy (non-hydrogen) atoms. The van der Waals surface area contributed by atoms with Crippen LogP contribution in [0.2, 0.25) is 0 Å². The van der Waals surface area contributed by atoms with Gasteiger partial charge in [0.25, 0.3) is 5.91 Å². The van der Waals surface area contributed by atoms with Crippen LogP contribution in [-0.4, -0.2) is 48.9 Å². The van der Waals surface area contributed by atoms with Crippen LogP contribution in [0.15, 0.2) is 30.3 Å². The molecule has 3 heteroatoms. The van der Waals surface area contributed by atoms with Crippen molar-refractivity contribution in [3.8, 4) is 0 Å². The average Bonchev–Trinajstić information content (AvgIpc) is 2.38. The van der Waals surface area contributed by atoms with Crippen LogP contribution in [0.25, 0.3) is 0 Å². The van der Waals surface area contributed by atoms with E-state index in [-0.39, 0.29) is 5.91 Å². The number of piperidine rings is 1. The predicted molar refractivity (Wildman–Crippen MR) is 69.1 cm³/mol. The third-order valence-electron chi connectivity index (χ3n) is 3.49. The second-order valence-corrected chi connectivity index (χ2v) is 4.84. The van der Waals surface area contributed by atoms with Gasteiger partial charge in [0.1, 0.15) is 0 Å². The minimum Gasteiger partial charge on any atom is -0.337 e. The molecule has 0 aliphatic carbocycles. The number of carbonyl (C=O) groups is 1. The molecule has 1 amide bonds. The zero-order valence-corrected chi connectivity index (χ0v) is 10.6. The standard InChI is InChI=1S/C14H20N2O/c1-15-10-6-9-13(11-15)16(2)14(17)12-7-4-3-5-8-12/h3-5,7-8,13H,6,9-11H2,1-2H3/t13-/m1/s1. The lowest BCUT2D eigenvalue weighted by Crippen LogP contribution is -2.47. The van der Waals surface area contributed by atoms with Crippen molar-refractivity contribution in [1.29, 1.82) is 0 Å². The molecule has 0 aromatic heterocycles. The monoisotopic (exact) mass is 232 g/mol. The largest absolute Gasteiger partial charge is 0.337 e. The highest BCUT2D eigenvalue weighted by Crippen LogP contribution is 2.15. The van der Waals surface area contributed by atoms with E-state index in [0.29, 0.717) is 6.04 Å². The molecule has 0 bridgehead atoms. The van der Waals surface area contributed by atoms with Crippen LogP contribution in [-0.2, 0) is 0 Å². The van der Waals surface area contributed by atoms with E-state index >= 15 is 0 Å². The third-order valence-corrected chi connectivity index (χ3v) is 3.49. The molecule has 1 aliphatic heterocycles. The number of hydrogen-bond acceptors (Lipinski definition) is 2. The van der Waals surface area contributed by atoms with Crippen molar-refractivity contribution < 1.29 is 4.79 Å². The maximum absolute atomic E-state index is 12.3. The first kappa shape index (κ1) is 12.1. The van der Waals surface area contributed by atoms with Gasteiger partial charge in [0, 0.05) is 25.2 Å². The van der Waals surface area contributed by atoms with Gasteiger partial charge >= 0.3 is 0 Å². The Morgan fingerprint density at radius 1 is 1.35 bits per heavy atom. The molecule has 0 unspecified atom stereocenters. The molecule has 1 saturated heterocycles. The lowest BCUT2D eigenvalue weighted by atomic mass is 10.0. The molecule has 0 spiro atoms. The molecule has 92 valence electrons. The van der Waals surface area contributed by atoms with Gasteiger partial charge in [-0.1, -0.05) is 18.2 Å². The Morgan fingerprint density at radius 2 is 2.06 bits per heavy atom. The van der Waals surface area contributed by atoms with E-state index in [0.717, 1.165) is 25.1 Å². The molecule has 1 aromatic rings. The summed E-state index contributed by atoms with van der Waals surface area (Å²) in [6, 6.07) is 9.87. The Hall–Kier alpha value is -1.35. The number of carbonyl (C=O) groups excluding carboxylic acids is 1. The van der Waals surface area contributed by atoms with Crippen LogP contribution < -0.4 is 0 Å². The zero-order valence-electron chi connectivity index (χ0n) is 10.6. The van der Waals surface area contributed by atoms with E-state index in [1.807, 2.05) is 42.3 Å². The number of hydrogen-bond donors (Lipinski definition) is 0. The van der Waals surface area contributed by atoms with Crippen LogP contribution in [0.1, 0.15) is 23.2 Å². The molecule has 3 nitrogen and oxygen atoms in total. The lowest BCUT2D eigenvalue weighted by Gasteiger charge is -2.35. The molecule has 2 rings (SSSR count). The highest BCUT2D eigenvalue weighted by atomic mass is 16.2. The summed E-state index contributed by atoms with van der Waals surface area (Å²) >= 11 is 0. The molecule has 1 heterocycles. The summed E-state index contributed by atoms with van der Waals surface area (Å²) in [5, 5.41) is 0. The lowest BCUT2D eigenvalue weighted by molar-refractivity contribution is 0.0644. The van der Waals surface area contributed by atoms with E-state index in [4.69, 9.17) is 0 Å².